The van der Waals surface area contributed by atoms with E-state index in [0.717, 1.165) is 0 Å². The first kappa shape index (κ1) is 8.04. The monoisotopic (exact) mass is 272 g/mol. The Morgan fingerprint density at radius 1 is 1.33 bits per heavy atom. The van der Waals surface area contributed by atoms with E-state index in [4.69, 9.17) is 0 Å². The lowest BCUT2D eigenvalue weighted by Gasteiger charge is -2.00. The van der Waals surface area contributed by atoms with Gasteiger partial charge in [0, 0.05) is 5.69 Å². The summed E-state index contributed by atoms with van der Waals surface area (Å²) in [4.78, 5) is 0. The summed E-state index contributed by atoms with van der Waals surface area (Å²) in [6.45, 7) is 4.18. The molecule has 12 heavy (non-hydrogen) atoms. The molecule has 2 aromatic heterocycles. The van der Waals surface area contributed by atoms with Crippen LogP contribution in [0.1, 0.15) is 11.3 Å². The molecule has 62 valence electrons. The highest BCUT2D eigenvalue weighted by atomic mass is 127. The highest BCUT2D eigenvalue weighted by molar-refractivity contribution is 14.1. The Kier molecular flexibility index (Phi) is 1.83. The van der Waals surface area contributed by atoms with Gasteiger partial charge in [-0.1, -0.05) is 0 Å². The predicted octanol–water partition coefficient (Wildman–Crippen LogP) is 2.56. The average Bonchev–Trinajstić information content (AvgIpc) is 2.33. The van der Waals surface area contributed by atoms with E-state index in [0.29, 0.717) is 0 Å². The Morgan fingerprint density at radius 3 is 2.83 bits per heavy atom. The van der Waals surface area contributed by atoms with Crippen molar-refractivity contribution in [1.29, 1.82) is 0 Å². The molecule has 0 aliphatic rings. The molecule has 2 nitrogen and oxygen atoms in total. The highest BCUT2D eigenvalue weighted by Crippen LogP contribution is 2.16. The quantitative estimate of drug-likeness (QED) is 0.674. The summed E-state index contributed by atoms with van der Waals surface area (Å²) in [5.41, 5.74) is 3.68. The molecule has 2 rings (SSSR count). The number of hydrogen-bond acceptors (Lipinski definition) is 1. The minimum atomic E-state index is 1.19. The van der Waals surface area contributed by atoms with E-state index in [9.17, 15) is 0 Å². The van der Waals surface area contributed by atoms with Crippen LogP contribution in [-0.4, -0.2) is 9.61 Å². The van der Waals surface area contributed by atoms with Crippen LogP contribution in [0.5, 0.6) is 0 Å². The van der Waals surface area contributed by atoms with Crippen molar-refractivity contribution in [2.24, 2.45) is 0 Å². The van der Waals surface area contributed by atoms with Gasteiger partial charge in [0.1, 0.15) is 0 Å². The summed E-state index contributed by atoms with van der Waals surface area (Å²) in [5, 5.41) is 4.27. The van der Waals surface area contributed by atoms with E-state index in [-0.39, 0.29) is 0 Å². The van der Waals surface area contributed by atoms with Gasteiger partial charge < -0.3 is 0 Å². The van der Waals surface area contributed by atoms with Crippen molar-refractivity contribution in [3.05, 3.63) is 33.2 Å². The molecule has 0 N–H and O–H groups in total. The van der Waals surface area contributed by atoms with E-state index in [2.05, 4.69) is 53.7 Å². The molecule has 0 unspecified atom stereocenters. The molecule has 0 aliphatic heterocycles. The molecule has 0 fully saturated rings. The van der Waals surface area contributed by atoms with E-state index in [1.54, 1.807) is 0 Å². The molecule has 0 aromatic carbocycles. The van der Waals surface area contributed by atoms with Gasteiger partial charge in [0.15, 0.2) is 0 Å². The summed E-state index contributed by atoms with van der Waals surface area (Å²) in [7, 11) is 0. The van der Waals surface area contributed by atoms with Gasteiger partial charge in [0.25, 0.3) is 0 Å². The van der Waals surface area contributed by atoms with Crippen molar-refractivity contribution in [3.8, 4) is 0 Å². The maximum absolute atomic E-state index is 4.27. The Bertz CT molecular complexity index is 431. The molecule has 0 bridgehead atoms. The second-order valence-electron chi connectivity index (χ2n) is 2.96. The number of rotatable bonds is 0. The van der Waals surface area contributed by atoms with Crippen LogP contribution in [0.3, 0.4) is 0 Å². The van der Waals surface area contributed by atoms with Gasteiger partial charge in [0.2, 0.25) is 0 Å². The van der Waals surface area contributed by atoms with Crippen LogP contribution in [0.25, 0.3) is 5.52 Å². The predicted molar refractivity (Wildman–Crippen MR) is 57.4 cm³/mol. The average molecular weight is 272 g/mol. The van der Waals surface area contributed by atoms with E-state index in [1.807, 2.05) is 10.7 Å². The van der Waals surface area contributed by atoms with Gasteiger partial charge >= 0.3 is 0 Å². The van der Waals surface area contributed by atoms with Crippen molar-refractivity contribution >= 4 is 28.1 Å². The number of hydrogen-bond donors (Lipinski definition) is 0. The fourth-order valence-corrected chi connectivity index (χ4v) is 1.91. The first-order valence-corrected chi connectivity index (χ1v) is 4.87. The van der Waals surface area contributed by atoms with Crippen LogP contribution >= 0.6 is 22.6 Å². The minimum absolute atomic E-state index is 1.19. The molecule has 0 amide bonds. The van der Waals surface area contributed by atoms with E-state index >= 15 is 0 Å². The van der Waals surface area contributed by atoms with Gasteiger partial charge in [-0.2, -0.15) is 5.10 Å². The number of pyridine rings is 1. The summed E-state index contributed by atoms with van der Waals surface area (Å²) >= 11 is 2.30. The van der Waals surface area contributed by atoms with Gasteiger partial charge in [-0.3, -0.25) is 0 Å². The maximum atomic E-state index is 4.27. The van der Waals surface area contributed by atoms with Crippen molar-refractivity contribution in [3.63, 3.8) is 0 Å². The number of nitrogens with zero attached hydrogens (tertiary/aromatic N) is 2. The van der Waals surface area contributed by atoms with Crippen LogP contribution in [-0.2, 0) is 0 Å². The zero-order chi connectivity index (χ0) is 8.72. The Labute approximate surface area is 84.7 Å². The van der Waals surface area contributed by atoms with Gasteiger partial charge in [-0.15, -0.1) is 0 Å². The van der Waals surface area contributed by atoms with Crippen molar-refractivity contribution < 1.29 is 0 Å². The van der Waals surface area contributed by atoms with Crippen LogP contribution in [0.15, 0.2) is 18.3 Å². The van der Waals surface area contributed by atoms with Gasteiger partial charge in [-0.05, 0) is 54.1 Å². The van der Waals surface area contributed by atoms with Crippen molar-refractivity contribution in [2.75, 3.05) is 0 Å². The molecule has 0 radical (unpaired) electrons. The highest BCUT2D eigenvalue weighted by Gasteiger charge is 2.02. The Hall–Kier alpha value is -0.580. The van der Waals surface area contributed by atoms with E-state index in [1.165, 1.54) is 20.3 Å². The Balaban J connectivity index is 2.92. The molecule has 3 heteroatoms. The zero-order valence-electron chi connectivity index (χ0n) is 7.00. The first-order chi connectivity index (χ1) is 5.68. The lowest BCUT2D eigenvalue weighted by Crippen LogP contribution is -1.93. The third kappa shape index (κ3) is 1.12. The normalized spacial score (nSPS) is 10.9. The second-order valence-corrected chi connectivity index (χ2v) is 4.13. The van der Waals surface area contributed by atoms with Gasteiger partial charge in [0.05, 0.1) is 15.3 Å². The Morgan fingerprint density at radius 2 is 2.08 bits per heavy atom. The van der Waals surface area contributed by atoms with Crippen LogP contribution in [0, 0.1) is 17.4 Å². The van der Waals surface area contributed by atoms with Crippen molar-refractivity contribution in [2.45, 2.75) is 13.8 Å². The van der Waals surface area contributed by atoms with Crippen LogP contribution in [0.4, 0.5) is 0 Å². The third-order valence-corrected chi connectivity index (χ3v) is 2.73. The molecule has 2 aromatic rings. The maximum Gasteiger partial charge on any atom is 0.0800 e. The number of halogens is 1. The SMILES string of the molecule is Cc1cc(C)n2ncc(I)c2c1. The molecule has 0 aliphatic carbocycles. The molecular weight excluding hydrogens is 263 g/mol. The first-order valence-electron chi connectivity index (χ1n) is 3.79. The molecule has 0 saturated carbocycles. The molecular formula is C9H9IN2. The smallest absolute Gasteiger partial charge is 0.0800 e. The lowest BCUT2D eigenvalue weighted by atomic mass is 10.2. The summed E-state index contributed by atoms with van der Waals surface area (Å²) in [5.74, 6) is 0. The fraction of sp³-hybridized carbons (Fsp3) is 0.222. The molecule has 0 saturated heterocycles. The summed E-state index contributed by atoms with van der Waals surface area (Å²) in [6, 6.07) is 4.29. The standard InChI is InChI=1S/C9H9IN2/c1-6-3-7(2)12-9(4-6)8(10)5-11-12/h3-5H,1-2H3. The topological polar surface area (TPSA) is 17.3 Å². The fourth-order valence-electron chi connectivity index (χ4n) is 1.40. The molecule has 0 atom stereocenters. The third-order valence-electron chi connectivity index (χ3n) is 1.89. The van der Waals surface area contributed by atoms with Crippen LogP contribution in [0.2, 0.25) is 0 Å². The number of fused-ring (bicyclic) bond motifs is 1. The van der Waals surface area contributed by atoms with Crippen LogP contribution < -0.4 is 0 Å². The minimum Gasteiger partial charge on any atom is -0.237 e. The summed E-state index contributed by atoms with van der Waals surface area (Å²) < 4.78 is 3.17. The zero-order valence-corrected chi connectivity index (χ0v) is 9.16. The largest absolute Gasteiger partial charge is 0.237 e. The van der Waals surface area contributed by atoms with E-state index < -0.39 is 0 Å². The lowest BCUT2D eigenvalue weighted by molar-refractivity contribution is 0.911. The van der Waals surface area contributed by atoms with Gasteiger partial charge in [-0.25, -0.2) is 4.52 Å². The van der Waals surface area contributed by atoms with Crippen molar-refractivity contribution in [1.82, 2.24) is 9.61 Å². The second kappa shape index (κ2) is 2.73. The molecule has 0 spiro atoms. The summed E-state index contributed by atoms with van der Waals surface area (Å²) in [6.07, 6.45) is 1.89. The number of aromatic nitrogens is 2. The molecule has 2 heterocycles. The number of aryl methyl sites for hydroxylation is 2.